The number of carboxylic acids is 1. The maximum absolute atomic E-state index is 11.2. The van der Waals surface area contributed by atoms with Gasteiger partial charge in [-0.05, 0) is 37.6 Å². The van der Waals surface area contributed by atoms with E-state index < -0.39 is 5.97 Å². The molecule has 0 spiro atoms. The molecular formula is C15H21NO4. The van der Waals surface area contributed by atoms with Gasteiger partial charge >= 0.3 is 5.97 Å². The van der Waals surface area contributed by atoms with Gasteiger partial charge in [0.2, 0.25) is 0 Å². The van der Waals surface area contributed by atoms with Crippen LogP contribution < -0.4 is 4.74 Å². The van der Waals surface area contributed by atoms with E-state index >= 15 is 0 Å². The summed E-state index contributed by atoms with van der Waals surface area (Å²) in [4.78, 5) is 13.5. The van der Waals surface area contributed by atoms with E-state index in [9.17, 15) is 9.90 Å². The van der Waals surface area contributed by atoms with Crippen LogP contribution in [0.1, 0.15) is 28.8 Å². The number of benzene rings is 1. The highest BCUT2D eigenvalue weighted by molar-refractivity contribution is 5.91. The van der Waals surface area contributed by atoms with Crippen LogP contribution in [0.5, 0.6) is 5.75 Å². The quantitative estimate of drug-likeness (QED) is 0.893. The van der Waals surface area contributed by atoms with Gasteiger partial charge < -0.3 is 14.6 Å². The summed E-state index contributed by atoms with van der Waals surface area (Å²) in [6.45, 7) is 2.34. The summed E-state index contributed by atoms with van der Waals surface area (Å²) in [6, 6.07) is 5.83. The first-order valence-corrected chi connectivity index (χ1v) is 6.80. The van der Waals surface area contributed by atoms with Crippen molar-refractivity contribution in [3.05, 3.63) is 29.3 Å². The third kappa shape index (κ3) is 3.49. The lowest BCUT2D eigenvalue weighted by Crippen LogP contribution is -2.36. The molecule has 1 aromatic carbocycles. The minimum atomic E-state index is -0.961. The van der Waals surface area contributed by atoms with Crippen LogP contribution in [0.2, 0.25) is 0 Å². The normalized spacial score (nSPS) is 16.4. The highest BCUT2D eigenvalue weighted by Crippen LogP contribution is 2.22. The fraction of sp³-hybridized carbons (Fsp3) is 0.533. The molecule has 0 radical (unpaired) electrons. The van der Waals surface area contributed by atoms with E-state index in [0.29, 0.717) is 11.8 Å². The van der Waals surface area contributed by atoms with Crippen molar-refractivity contribution in [2.75, 3.05) is 27.4 Å². The molecule has 1 heterocycles. The Morgan fingerprint density at radius 3 is 2.75 bits per heavy atom. The zero-order chi connectivity index (χ0) is 14.5. The van der Waals surface area contributed by atoms with Crippen molar-refractivity contribution >= 4 is 5.97 Å². The van der Waals surface area contributed by atoms with Crippen LogP contribution in [0.15, 0.2) is 18.2 Å². The van der Waals surface area contributed by atoms with Gasteiger partial charge in [0, 0.05) is 25.8 Å². The summed E-state index contributed by atoms with van der Waals surface area (Å²) in [5, 5.41) is 9.19. The third-order valence-electron chi connectivity index (χ3n) is 3.74. The predicted octanol–water partition coefficient (Wildman–Crippen LogP) is 2.00. The average Bonchev–Trinajstić information content (AvgIpc) is 2.48. The lowest BCUT2D eigenvalue weighted by atomic mass is 10.1. The first kappa shape index (κ1) is 14.8. The number of aromatic carboxylic acids is 1. The standard InChI is InChI=1S/C15H21NO4/c1-16(12-5-7-20-8-6-12)10-11-3-4-14(19-2)13(9-11)15(17)18/h3-4,9,12H,5-8,10H2,1-2H3,(H,17,18). The predicted molar refractivity (Wildman–Crippen MR) is 75.3 cm³/mol. The molecule has 110 valence electrons. The SMILES string of the molecule is COc1ccc(CN(C)C2CCOCC2)cc1C(=O)O. The molecule has 1 aromatic rings. The molecule has 1 fully saturated rings. The van der Waals surface area contributed by atoms with Crippen LogP contribution in [0.3, 0.4) is 0 Å². The van der Waals surface area contributed by atoms with Gasteiger partial charge in [0.05, 0.1) is 7.11 Å². The van der Waals surface area contributed by atoms with Crippen LogP contribution in [0.25, 0.3) is 0 Å². The maximum atomic E-state index is 11.2. The first-order chi connectivity index (χ1) is 9.61. The van der Waals surface area contributed by atoms with Crippen molar-refractivity contribution in [3.63, 3.8) is 0 Å². The van der Waals surface area contributed by atoms with E-state index in [1.165, 1.54) is 7.11 Å². The molecule has 1 aliphatic rings. The van der Waals surface area contributed by atoms with E-state index in [2.05, 4.69) is 11.9 Å². The Labute approximate surface area is 119 Å². The van der Waals surface area contributed by atoms with Crippen molar-refractivity contribution in [2.45, 2.75) is 25.4 Å². The molecule has 5 nitrogen and oxygen atoms in total. The van der Waals surface area contributed by atoms with Gasteiger partial charge in [0.1, 0.15) is 11.3 Å². The summed E-state index contributed by atoms with van der Waals surface area (Å²) in [5.41, 5.74) is 1.20. The molecule has 0 unspecified atom stereocenters. The first-order valence-electron chi connectivity index (χ1n) is 6.80. The third-order valence-corrected chi connectivity index (χ3v) is 3.74. The van der Waals surface area contributed by atoms with E-state index in [1.54, 1.807) is 12.1 Å². The Balaban J connectivity index is 2.08. The van der Waals surface area contributed by atoms with Crippen LogP contribution in [0.4, 0.5) is 0 Å². The zero-order valence-electron chi connectivity index (χ0n) is 12.0. The van der Waals surface area contributed by atoms with Gasteiger partial charge in [0.15, 0.2) is 0 Å². The van der Waals surface area contributed by atoms with Gasteiger partial charge in [0.25, 0.3) is 0 Å². The van der Waals surface area contributed by atoms with Crippen LogP contribution in [-0.4, -0.2) is 49.4 Å². The second-order valence-corrected chi connectivity index (χ2v) is 5.10. The summed E-state index contributed by atoms with van der Waals surface area (Å²) < 4.78 is 10.4. The van der Waals surface area contributed by atoms with Crippen molar-refractivity contribution in [1.29, 1.82) is 0 Å². The lowest BCUT2D eigenvalue weighted by molar-refractivity contribution is 0.0407. The molecule has 5 heteroatoms. The average molecular weight is 279 g/mol. The van der Waals surface area contributed by atoms with Crippen LogP contribution >= 0.6 is 0 Å². The molecule has 1 aliphatic heterocycles. The van der Waals surface area contributed by atoms with Gasteiger partial charge in [-0.1, -0.05) is 6.07 Å². The number of nitrogens with zero attached hydrogens (tertiary/aromatic N) is 1. The van der Waals surface area contributed by atoms with Gasteiger partial charge in [-0.15, -0.1) is 0 Å². The summed E-state index contributed by atoms with van der Waals surface area (Å²) in [5.74, 6) is -0.563. The number of ether oxygens (including phenoxy) is 2. The second kappa shape index (κ2) is 6.72. The van der Waals surface area contributed by atoms with Crippen molar-refractivity contribution < 1.29 is 19.4 Å². The number of methoxy groups -OCH3 is 1. The minimum Gasteiger partial charge on any atom is -0.496 e. The molecule has 0 saturated carbocycles. The van der Waals surface area contributed by atoms with Crippen molar-refractivity contribution in [3.8, 4) is 5.75 Å². The Bertz CT molecular complexity index is 469. The Morgan fingerprint density at radius 2 is 2.15 bits per heavy atom. The molecule has 0 bridgehead atoms. The van der Waals surface area contributed by atoms with Crippen LogP contribution in [-0.2, 0) is 11.3 Å². The largest absolute Gasteiger partial charge is 0.496 e. The van der Waals surface area contributed by atoms with Crippen molar-refractivity contribution in [2.24, 2.45) is 0 Å². The zero-order valence-corrected chi connectivity index (χ0v) is 12.0. The monoisotopic (exact) mass is 279 g/mol. The molecule has 20 heavy (non-hydrogen) atoms. The fourth-order valence-electron chi connectivity index (χ4n) is 2.56. The molecule has 0 atom stereocenters. The number of carbonyl (C=O) groups is 1. The van der Waals surface area contributed by atoms with Crippen molar-refractivity contribution in [1.82, 2.24) is 4.90 Å². The Morgan fingerprint density at radius 1 is 1.45 bits per heavy atom. The highest BCUT2D eigenvalue weighted by atomic mass is 16.5. The van der Waals surface area contributed by atoms with Crippen LogP contribution in [0, 0.1) is 0 Å². The van der Waals surface area contributed by atoms with Gasteiger partial charge in [-0.3, -0.25) is 4.90 Å². The molecule has 1 N–H and O–H groups in total. The van der Waals surface area contributed by atoms with E-state index in [0.717, 1.165) is 38.2 Å². The number of hydrogen-bond acceptors (Lipinski definition) is 4. The number of carboxylic acid groups (broad SMARTS) is 1. The summed E-state index contributed by atoms with van der Waals surface area (Å²) in [7, 11) is 3.55. The number of hydrogen-bond donors (Lipinski definition) is 1. The molecule has 0 aromatic heterocycles. The van der Waals surface area contributed by atoms with E-state index in [-0.39, 0.29) is 5.56 Å². The van der Waals surface area contributed by atoms with E-state index in [4.69, 9.17) is 9.47 Å². The van der Waals surface area contributed by atoms with Gasteiger partial charge in [-0.2, -0.15) is 0 Å². The smallest absolute Gasteiger partial charge is 0.339 e. The molecule has 0 aliphatic carbocycles. The molecule has 0 amide bonds. The molecule has 2 rings (SSSR count). The topological polar surface area (TPSA) is 59.0 Å². The lowest BCUT2D eigenvalue weighted by Gasteiger charge is -2.31. The number of rotatable bonds is 5. The maximum Gasteiger partial charge on any atom is 0.339 e. The highest BCUT2D eigenvalue weighted by Gasteiger charge is 2.19. The molecular weight excluding hydrogens is 258 g/mol. The second-order valence-electron chi connectivity index (χ2n) is 5.10. The van der Waals surface area contributed by atoms with E-state index in [1.807, 2.05) is 6.07 Å². The minimum absolute atomic E-state index is 0.213. The fourth-order valence-corrected chi connectivity index (χ4v) is 2.56. The summed E-state index contributed by atoms with van der Waals surface area (Å²) in [6.07, 6.45) is 2.05. The summed E-state index contributed by atoms with van der Waals surface area (Å²) >= 11 is 0. The van der Waals surface area contributed by atoms with Gasteiger partial charge in [-0.25, -0.2) is 4.79 Å². The molecule has 1 saturated heterocycles. The Kier molecular flexibility index (Phi) is 4.98. The Hall–Kier alpha value is -1.59.